The molecule has 1 saturated carbocycles. The Bertz CT molecular complexity index is 1080. The van der Waals surface area contributed by atoms with Crippen LogP contribution in [0.15, 0.2) is 54.6 Å². The molecule has 2 fully saturated rings. The zero-order valence-electron chi connectivity index (χ0n) is 21.8. The highest BCUT2D eigenvalue weighted by atomic mass is 35.6. The van der Waals surface area contributed by atoms with Gasteiger partial charge in [-0.05, 0) is 49.4 Å². The molecule has 2 N–H and O–H groups in total. The van der Waals surface area contributed by atoms with Crippen LogP contribution in [0.1, 0.15) is 25.7 Å². The average molecular weight is 598 g/mol. The second-order valence-electron chi connectivity index (χ2n) is 9.91. The lowest BCUT2D eigenvalue weighted by Crippen LogP contribution is -2.46. The normalized spacial score (nSPS) is 20.2. The number of urea groups is 1. The molecule has 2 atom stereocenters. The van der Waals surface area contributed by atoms with Gasteiger partial charge in [0.05, 0.1) is 13.2 Å². The van der Waals surface area contributed by atoms with Crippen LogP contribution in [0, 0.1) is 5.92 Å². The van der Waals surface area contributed by atoms with Gasteiger partial charge in [-0.25, -0.2) is 4.79 Å². The fourth-order valence-electron chi connectivity index (χ4n) is 4.99. The Kier molecular flexibility index (Phi) is 11.0. The van der Waals surface area contributed by atoms with Crippen molar-refractivity contribution in [3.63, 3.8) is 0 Å². The zero-order valence-corrected chi connectivity index (χ0v) is 24.1. The zero-order chi connectivity index (χ0) is 27.7. The monoisotopic (exact) mass is 596 g/mol. The number of morpholine rings is 1. The molecule has 1 aliphatic carbocycles. The number of alkyl halides is 3. The van der Waals surface area contributed by atoms with Crippen LogP contribution in [-0.4, -0.2) is 72.7 Å². The number of hydrogen-bond donors (Lipinski definition) is 2. The summed E-state index contributed by atoms with van der Waals surface area (Å²) < 4.78 is 9.46. The van der Waals surface area contributed by atoms with Crippen molar-refractivity contribution in [2.45, 2.75) is 35.5 Å². The third kappa shape index (κ3) is 9.43. The number of nitrogens with zero attached hydrogens (tertiary/aromatic N) is 2. The molecule has 0 bridgehead atoms. The fraction of sp³-hybridized carbons (Fsp3) is 0.500. The first kappa shape index (κ1) is 29.7. The number of para-hydroxylation sites is 1. The molecule has 2 aliphatic rings. The number of ether oxygens (including phenoxy) is 2. The maximum atomic E-state index is 13.5. The van der Waals surface area contributed by atoms with Crippen LogP contribution in [0.5, 0.6) is 5.75 Å². The molecular weight excluding hydrogens is 563 g/mol. The van der Waals surface area contributed by atoms with E-state index in [-0.39, 0.29) is 18.0 Å². The second-order valence-corrected chi connectivity index (χ2v) is 12.2. The van der Waals surface area contributed by atoms with E-state index in [0.717, 1.165) is 57.8 Å². The van der Waals surface area contributed by atoms with Crippen LogP contribution in [0.4, 0.5) is 16.2 Å². The SMILES string of the molecule is O=C(Nc1ccccc1)N(CC1CCCC(NC(=O)C(Cl)(Cl)Cl)C1)c1cccc(OCCN2CCOCC2)c1. The number of carbonyl (C=O) groups is 2. The van der Waals surface area contributed by atoms with Gasteiger partial charge >= 0.3 is 6.03 Å². The van der Waals surface area contributed by atoms with Crippen molar-refractivity contribution in [2.24, 2.45) is 5.92 Å². The molecular formula is C28H35Cl3N4O4. The molecule has 11 heteroatoms. The van der Waals surface area contributed by atoms with Gasteiger partial charge in [-0.3, -0.25) is 14.6 Å². The molecule has 2 aromatic carbocycles. The minimum absolute atomic E-state index is 0.124. The van der Waals surface area contributed by atoms with Gasteiger partial charge in [0.15, 0.2) is 0 Å². The minimum Gasteiger partial charge on any atom is -0.492 e. The predicted molar refractivity (Wildman–Crippen MR) is 156 cm³/mol. The third-order valence-electron chi connectivity index (χ3n) is 7.00. The van der Waals surface area contributed by atoms with Crippen molar-refractivity contribution in [2.75, 3.05) is 56.2 Å². The Morgan fingerprint density at radius 3 is 2.56 bits per heavy atom. The highest BCUT2D eigenvalue weighted by Crippen LogP contribution is 2.31. The van der Waals surface area contributed by atoms with Gasteiger partial charge in [-0.1, -0.05) is 65.5 Å². The summed E-state index contributed by atoms with van der Waals surface area (Å²) in [4.78, 5) is 29.8. The van der Waals surface area contributed by atoms with Crippen molar-refractivity contribution in [3.05, 3.63) is 54.6 Å². The molecule has 1 aliphatic heterocycles. The van der Waals surface area contributed by atoms with Crippen molar-refractivity contribution in [1.82, 2.24) is 10.2 Å². The summed E-state index contributed by atoms with van der Waals surface area (Å²) in [6, 6.07) is 16.6. The van der Waals surface area contributed by atoms with Crippen LogP contribution in [0.25, 0.3) is 0 Å². The molecule has 4 rings (SSSR count). The number of nitrogens with one attached hydrogen (secondary N) is 2. The molecule has 0 radical (unpaired) electrons. The van der Waals surface area contributed by atoms with E-state index in [1.165, 1.54) is 0 Å². The van der Waals surface area contributed by atoms with E-state index in [9.17, 15) is 9.59 Å². The molecule has 0 spiro atoms. The Hall–Kier alpha value is -2.23. The van der Waals surface area contributed by atoms with Crippen molar-refractivity contribution < 1.29 is 19.1 Å². The molecule has 1 saturated heterocycles. The highest BCUT2D eigenvalue weighted by Gasteiger charge is 2.34. The number of carbonyl (C=O) groups excluding carboxylic acids is 2. The number of anilines is 2. The highest BCUT2D eigenvalue weighted by molar-refractivity contribution is 6.76. The largest absolute Gasteiger partial charge is 0.492 e. The summed E-state index contributed by atoms with van der Waals surface area (Å²) >= 11 is 17.3. The van der Waals surface area contributed by atoms with E-state index in [1.54, 1.807) is 4.90 Å². The minimum atomic E-state index is -2.00. The van der Waals surface area contributed by atoms with E-state index in [1.807, 2.05) is 54.6 Å². The Labute approximate surface area is 244 Å². The third-order valence-corrected chi connectivity index (χ3v) is 7.51. The molecule has 2 aromatic rings. The maximum absolute atomic E-state index is 13.5. The number of halogens is 3. The van der Waals surface area contributed by atoms with Crippen molar-refractivity contribution in [3.8, 4) is 5.75 Å². The van der Waals surface area contributed by atoms with E-state index in [0.29, 0.717) is 31.0 Å². The van der Waals surface area contributed by atoms with Gasteiger partial charge in [0.2, 0.25) is 0 Å². The number of amides is 3. The molecule has 39 heavy (non-hydrogen) atoms. The predicted octanol–water partition coefficient (Wildman–Crippen LogP) is 5.48. The van der Waals surface area contributed by atoms with Crippen LogP contribution < -0.4 is 20.3 Å². The van der Waals surface area contributed by atoms with Gasteiger partial charge in [0.25, 0.3) is 9.70 Å². The molecule has 0 aromatic heterocycles. The Morgan fingerprint density at radius 2 is 1.82 bits per heavy atom. The topological polar surface area (TPSA) is 83.1 Å². The van der Waals surface area contributed by atoms with Crippen LogP contribution in [-0.2, 0) is 9.53 Å². The number of rotatable bonds is 9. The van der Waals surface area contributed by atoms with Crippen molar-refractivity contribution >= 4 is 58.1 Å². The first-order valence-corrected chi connectivity index (χ1v) is 14.5. The van der Waals surface area contributed by atoms with E-state index >= 15 is 0 Å². The van der Waals surface area contributed by atoms with E-state index in [2.05, 4.69) is 15.5 Å². The lowest BCUT2D eigenvalue weighted by Gasteiger charge is -2.34. The lowest BCUT2D eigenvalue weighted by atomic mass is 9.85. The van der Waals surface area contributed by atoms with E-state index < -0.39 is 9.70 Å². The van der Waals surface area contributed by atoms with Crippen molar-refractivity contribution in [1.29, 1.82) is 0 Å². The first-order chi connectivity index (χ1) is 18.8. The number of benzene rings is 2. The molecule has 2 unspecified atom stereocenters. The molecule has 1 heterocycles. The standard InChI is InChI=1S/C28H35Cl3N4O4/c29-28(30,31)26(36)32-23-9-4-6-21(18-23)20-35(27(37)33-22-7-2-1-3-8-22)24-10-5-11-25(19-24)39-17-14-34-12-15-38-16-13-34/h1-3,5,7-8,10-11,19,21,23H,4,6,9,12-18,20H2,(H,32,36)(H,33,37). The van der Waals surface area contributed by atoms with Crippen LogP contribution >= 0.6 is 34.8 Å². The summed E-state index contributed by atoms with van der Waals surface area (Å²) in [7, 11) is 0. The fourth-order valence-corrected chi connectivity index (χ4v) is 5.15. The van der Waals surface area contributed by atoms with Gasteiger partial charge in [0.1, 0.15) is 12.4 Å². The average Bonchev–Trinajstić information content (AvgIpc) is 2.93. The molecule has 3 amide bonds. The van der Waals surface area contributed by atoms with Gasteiger partial charge in [-0.15, -0.1) is 0 Å². The Balaban J connectivity index is 1.44. The number of hydrogen-bond acceptors (Lipinski definition) is 5. The summed E-state index contributed by atoms with van der Waals surface area (Å²) in [6.45, 7) is 5.13. The first-order valence-electron chi connectivity index (χ1n) is 13.3. The maximum Gasteiger partial charge on any atom is 0.326 e. The summed E-state index contributed by atoms with van der Waals surface area (Å²) in [5.41, 5.74) is 1.45. The smallest absolute Gasteiger partial charge is 0.326 e. The summed E-state index contributed by atoms with van der Waals surface area (Å²) in [5.74, 6) is 0.223. The van der Waals surface area contributed by atoms with E-state index in [4.69, 9.17) is 44.3 Å². The van der Waals surface area contributed by atoms with Gasteiger partial charge in [-0.2, -0.15) is 0 Å². The molecule has 212 valence electrons. The van der Waals surface area contributed by atoms with Gasteiger partial charge < -0.3 is 20.1 Å². The quantitative estimate of drug-likeness (QED) is 0.374. The van der Waals surface area contributed by atoms with Crippen LogP contribution in [0.3, 0.4) is 0 Å². The second kappa shape index (κ2) is 14.4. The lowest BCUT2D eigenvalue weighted by molar-refractivity contribution is -0.121. The molecule has 8 nitrogen and oxygen atoms in total. The van der Waals surface area contributed by atoms with Gasteiger partial charge in [0, 0.05) is 49.7 Å². The summed E-state index contributed by atoms with van der Waals surface area (Å²) in [5, 5.41) is 5.85. The van der Waals surface area contributed by atoms with Crippen LogP contribution in [0.2, 0.25) is 0 Å². The summed E-state index contributed by atoms with van der Waals surface area (Å²) in [6.07, 6.45) is 3.29. The Morgan fingerprint density at radius 1 is 1.05 bits per heavy atom.